The van der Waals surface area contributed by atoms with Crippen LogP contribution in [0.1, 0.15) is 12.7 Å². The first kappa shape index (κ1) is 10.3. The number of rotatable bonds is 3. The molecule has 0 amide bonds. The Morgan fingerprint density at radius 2 is 2.53 bits per heavy atom. The van der Waals surface area contributed by atoms with Gasteiger partial charge in [-0.25, -0.2) is 4.98 Å². The van der Waals surface area contributed by atoms with Gasteiger partial charge < -0.3 is 10.4 Å². The molecule has 0 saturated carbocycles. The maximum absolute atomic E-state index is 9.45. The normalized spacial score (nSPS) is 21.5. The lowest BCUT2D eigenvalue weighted by molar-refractivity contribution is 0.212. The Labute approximate surface area is 88.8 Å². The van der Waals surface area contributed by atoms with E-state index in [0.717, 1.165) is 25.3 Å². The fourth-order valence-electron chi connectivity index (χ4n) is 1.78. The van der Waals surface area contributed by atoms with Crippen molar-refractivity contribution in [1.82, 2.24) is 20.1 Å². The molecule has 1 aliphatic rings. The highest BCUT2D eigenvalue weighted by atomic mass is 16.3. The maximum atomic E-state index is 9.45. The SMILES string of the molecule is CCn1ncnc1CC1=CC(O)CNC1. The van der Waals surface area contributed by atoms with Crippen LogP contribution in [0.3, 0.4) is 0 Å². The van der Waals surface area contributed by atoms with E-state index in [9.17, 15) is 5.11 Å². The molecule has 1 aromatic rings. The van der Waals surface area contributed by atoms with Gasteiger partial charge in [0, 0.05) is 26.1 Å². The van der Waals surface area contributed by atoms with Crippen molar-refractivity contribution in [3.63, 3.8) is 0 Å². The molecule has 1 unspecified atom stereocenters. The standard InChI is InChI=1S/C10H16N4O/c1-2-14-10(12-7-13-14)4-8-3-9(15)6-11-5-8/h3,7,9,11,15H,2,4-6H2,1H3. The monoisotopic (exact) mass is 208 g/mol. The minimum atomic E-state index is -0.369. The Bertz CT molecular complexity index is 358. The van der Waals surface area contributed by atoms with Crippen LogP contribution in [-0.4, -0.2) is 39.1 Å². The molecule has 2 heterocycles. The molecular weight excluding hydrogens is 192 g/mol. The summed E-state index contributed by atoms with van der Waals surface area (Å²) in [7, 11) is 0. The zero-order chi connectivity index (χ0) is 10.7. The highest BCUT2D eigenvalue weighted by Gasteiger charge is 2.12. The molecule has 0 spiro atoms. The lowest BCUT2D eigenvalue weighted by Gasteiger charge is -2.18. The Balaban J connectivity index is 2.08. The summed E-state index contributed by atoms with van der Waals surface area (Å²) < 4.78 is 1.88. The van der Waals surface area contributed by atoms with Gasteiger partial charge in [-0.15, -0.1) is 0 Å². The molecular formula is C10H16N4O. The fourth-order valence-corrected chi connectivity index (χ4v) is 1.78. The van der Waals surface area contributed by atoms with E-state index in [1.807, 2.05) is 17.7 Å². The molecule has 15 heavy (non-hydrogen) atoms. The van der Waals surface area contributed by atoms with E-state index in [0.29, 0.717) is 6.54 Å². The fraction of sp³-hybridized carbons (Fsp3) is 0.600. The number of β-amino-alcohol motifs (C(OH)–C–C–N with tert-alkyl or cyclic N) is 1. The number of aliphatic hydroxyl groups excluding tert-OH is 1. The minimum absolute atomic E-state index is 0.369. The minimum Gasteiger partial charge on any atom is -0.388 e. The van der Waals surface area contributed by atoms with Gasteiger partial charge >= 0.3 is 0 Å². The third kappa shape index (κ3) is 2.43. The molecule has 2 rings (SSSR count). The summed E-state index contributed by atoms with van der Waals surface area (Å²) in [6.45, 7) is 4.34. The second-order valence-corrected chi connectivity index (χ2v) is 3.69. The largest absolute Gasteiger partial charge is 0.388 e. The molecule has 5 nitrogen and oxygen atoms in total. The van der Waals surface area contributed by atoms with E-state index in [-0.39, 0.29) is 6.10 Å². The molecule has 2 N–H and O–H groups in total. The number of nitrogens with one attached hydrogen (secondary N) is 1. The summed E-state index contributed by atoms with van der Waals surface area (Å²) in [5, 5.41) is 16.7. The average Bonchev–Trinajstić information content (AvgIpc) is 2.65. The van der Waals surface area contributed by atoms with Crippen LogP contribution in [0.5, 0.6) is 0 Å². The van der Waals surface area contributed by atoms with E-state index in [1.54, 1.807) is 6.33 Å². The van der Waals surface area contributed by atoms with Crippen molar-refractivity contribution in [2.24, 2.45) is 0 Å². The van der Waals surface area contributed by atoms with Crippen molar-refractivity contribution in [2.45, 2.75) is 26.0 Å². The lowest BCUT2D eigenvalue weighted by Crippen LogP contribution is -2.33. The number of hydrogen-bond donors (Lipinski definition) is 2. The third-order valence-electron chi connectivity index (χ3n) is 2.51. The van der Waals surface area contributed by atoms with Crippen LogP contribution < -0.4 is 5.32 Å². The van der Waals surface area contributed by atoms with Gasteiger partial charge in [0.25, 0.3) is 0 Å². The van der Waals surface area contributed by atoms with Crippen LogP contribution in [0.2, 0.25) is 0 Å². The van der Waals surface area contributed by atoms with Gasteiger partial charge in [-0.2, -0.15) is 5.10 Å². The maximum Gasteiger partial charge on any atom is 0.138 e. The topological polar surface area (TPSA) is 63.0 Å². The Kier molecular flexibility index (Phi) is 3.13. The molecule has 0 radical (unpaired) electrons. The van der Waals surface area contributed by atoms with Crippen molar-refractivity contribution in [2.75, 3.05) is 13.1 Å². The number of aromatic nitrogens is 3. The number of hydrogen-bond acceptors (Lipinski definition) is 4. The van der Waals surface area contributed by atoms with Gasteiger partial charge in [0.05, 0.1) is 6.10 Å². The van der Waals surface area contributed by atoms with Gasteiger partial charge in [0.1, 0.15) is 12.2 Å². The summed E-state index contributed by atoms with van der Waals surface area (Å²) in [5.74, 6) is 0.958. The second-order valence-electron chi connectivity index (χ2n) is 3.69. The molecule has 0 fully saturated rings. The van der Waals surface area contributed by atoms with Gasteiger partial charge in [0.15, 0.2) is 0 Å². The van der Waals surface area contributed by atoms with Gasteiger partial charge in [0.2, 0.25) is 0 Å². The molecule has 1 aliphatic heterocycles. The average molecular weight is 208 g/mol. The van der Waals surface area contributed by atoms with Crippen LogP contribution in [0.4, 0.5) is 0 Å². The molecule has 82 valence electrons. The second kappa shape index (κ2) is 4.55. The van der Waals surface area contributed by atoms with Crippen LogP contribution in [0, 0.1) is 0 Å². The molecule has 0 aromatic carbocycles. The highest BCUT2D eigenvalue weighted by molar-refractivity contribution is 5.15. The van der Waals surface area contributed by atoms with Gasteiger partial charge in [-0.3, -0.25) is 4.68 Å². The number of aliphatic hydroxyl groups is 1. The van der Waals surface area contributed by atoms with E-state index < -0.39 is 0 Å². The number of aryl methyl sites for hydroxylation is 1. The van der Waals surface area contributed by atoms with Crippen molar-refractivity contribution >= 4 is 0 Å². The molecule has 1 atom stereocenters. The molecule has 0 aliphatic carbocycles. The lowest BCUT2D eigenvalue weighted by atomic mass is 10.1. The predicted molar refractivity (Wildman–Crippen MR) is 56.4 cm³/mol. The molecule has 0 saturated heterocycles. The predicted octanol–water partition coefficient (Wildman–Crippen LogP) is -0.269. The zero-order valence-electron chi connectivity index (χ0n) is 8.85. The van der Waals surface area contributed by atoms with Crippen molar-refractivity contribution in [1.29, 1.82) is 0 Å². The van der Waals surface area contributed by atoms with Gasteiger partial charge in [-0.1, -0.05) is 11.6 Å². The van der Waals surface area contributed by atoms with Crippen molar-refractivity contribution < 1.29 is 5.11 Å². The van der Waals surface area contributed by atoms with E-state index >= 15 is 0 Å². The third-order valence-corrected chi connectivity index (χ3v) is 2.51. The van der Waals surface area contributed by atoms with Crippen LogP contribution >= 0.6 is 0 Å². The number of nitrogens with zero attached hydrogens (tertiary/aromatic N) is 3. The van der Waals surface area contributed by atoms with E-state index in [4.69, 9.17) is 0 Å². The molecule has 1 aromatic heterocycles. The van der Waals surface area contributed by atoms with E-state index in [2.05, 4.69) is 15.4 Å². The summed E-state index contributed by atoms with van der Waals surface area (Å²) in [6, 6.07) is 0. The highest BCUT2D eigenvalue weighted by Crippen LogP contribution is 2.08. The summed E-state index contributed by atoms with van der Waals surface area (Å²) >= 11 is 0. The first-order valence-electron chi connectivity index (χ1n) is 5.24. The van der Waals surface area contributed by atoms with Gasteiger partial charge in [-0.05, 0) is 6.92 Å². The zero-order valence-corrected chi connectivity index (χ0v) is 8.85. The Hall–Kier alpha value is -1.20. The van der Waals surface area contributed by atoms with E-state index in [1.165, 1.54) is 5.57 Å². The van der Waals surface area contributed by atoms with Crippen LogP contribution in [0.25, 0.3) is 0 Å². The molecule has 0 bridgehead atoms. The van der Waals surface area contributed by atoms with Crippen molar-refractivity contribution in [3.8, 4) is 0 Å². The Morgan fingerprint density at radius 1 is 1.67 bits per heavy atom. The Morgan fingerprint density at radius 3 is 3.27 bits per heavy atom. The smallest absolute Gasteiger partial charge is 0.138 e. The summed E-state index contributed by atoms with van der Waals surface area (Å²) in [6.07, 6.45) is 3.88. The first-order chi connectivity index (χ1) is 7.29. The van der Waals surface area contributed by atoms with Crippen LogP contribution in [-0.2, 0) is 13.0 Å². The summed E-state index contributed by atoms with van der Waals surface area (Å²) in [5.41, 5.74) is 1.18. The van der Waals surface area contributed by atoms with Crippen molar-refractivity contribution in [3.05, 3.63) is 23.8 Å². The first-order valence-corrected chi connectivity index (χ1v) is 5.24. The quantitative estimate of drug-likeness (QED) is 0.671. The molecule has 5 heteroatoms. The summed E-state index contributed by atoms with van der Waals surface area (Å²) in [4.78, 5) is 4.21. The van der Waals surface area contributed by atoms with Crippen LogP contribution in [0.15, 0.2) is 18.0 Å².